The van der Waals surface area contributed by atoms with E-state index in [1.807, 2.05) is 0 Å². The molecule has 3 nitrogen and oxygen atoms in total. The molecular formula is C12H20O3S. The van der Waals surface area contributed by atoms with Gasteiger partial charge < -0.3 is 9.84 Å². The van der Waals surface area contributed by atoms with Crippen molar-refractivity contribution in [2.75, 3.05) is 6.61 Å². The van der Waals surface area contributed by atoms with Crippen LogP contribution < -0.4 is 0 Å². The molecule has 1 saturated heterocycles. The summed E-state index contributed by atoms with van der Waals surface area (Å²) in [5.74, 6) is -0.697. The highest BCUT2D eigenvalue weighted by atomic mass is 32.2. The zero-order valence-electron chi connectivity index (χ0n) is 9.78. The van der Waals surface area contributed by atoms with Crippen molar-refractivity contribution in [2.45, 2.75) is 61.5 Å². The standard InChI is InChI=1S/C12H20O3S/c1-9(11(13)14)16-10-4-7-15-12(8-10)5-2-3-6-12/h9-10H,2-8H2,1H3,(H,13,14). The van der Waals surface area contributed by atoms with Crippen LogP contribution in [-0.4, -0.2) is 33.8 Å². The summed E-state index contributed by atoms with van der Waals surface area (Å²) in [4.78, 5) is 10.8. The van der Waals surface area contributed by atoms with Crippen molar-refractivity contribution < 1.29 is 14.6 Å². The van der Waals surface area contributed by atoms with Gasteiger partial charge in [0, 0.05) is 11.9 Å². The Morgan fingerprint density at radius 1 is 1.50 bits per heavy atom. The fourth-order valence-corrected chi connectivity index (χ4v) is 4.14. The molecule has 92 valence electrons. The van der Waals surface area contributed by atoms with Gasteiger partial charge in [-0.1, -0.05) is 12.8 Å². The van der Waals surface area contributed by atoms with Gasteiger partial charge in [0.2, 0.25) is 0 Å². The minimum Gasteiger partial charge on any atom is -0.480 e. The molecule has 1 spiro atoms. The topological polar surface area (TPSA) is 46.5 Å². The number of aliphatic carboxylic acids is 1. The summed E-state index contributed by atoms with van der Waals surface area (Å²) in [5.41, 5.74) is 0.105. The van der Waals surface area contributed by atoms with Crippen molar-refractivity contribution in [3.05, 3.63) is 0 Å². The normalized spacial score (nSPS) is 30.4. The molecule has 16 heavy (non-hydrogen) atoms. The third-order valence-corrected chi connectivity index (χ3v) is 5.10. The molecule has 0 aromatic heterocycles. The summed E-state index contributed by atoms with van der Waals surface area (Å²) in [6.07, 6.45) is 6.94. The average Bonchev–Trinajstić information content (AvgIpc) is 2.66. The summed E-state index contributed by atoms with van der Waals surface area (Å²) >= 11 is 1.61. The molecule has 1 saturated carbocycles. The maximum absolute atomic E-state index is 10.8. The Morgan fingerprint density at radius 2 is 2.19 bits per heavy atom. The van der Waals surface area contributed by atoms with Crippen molar-refractivity contribution in [3.8, 4) is 0 Å². The van der Waals surface area contributed by atoms with Crippen molar-refractivity contribution >= 4 is 17.7 Å². The van der Waals surface area contributed by atoms with Crippen LogP contribution in [0.25, 0.3) is 0 Å². The average molecular weight is 244 g/mol. The van der Waals surface area contributed by atoms with Crippen molar-refractivity contribution in [1.82, 2.24) is 0 Å². The molecular weight excluding hydrogens is 224 g/mol. The van der Waals surface area contributed by atoms with Crippen LogP contribution in [0, 0.1) is 0 Å². The van der Waals surface area contributed by atoms with E-state index in [4.69, 9.17) is 9.84 Å². The molecule has 0 radical (unpaired) electrons. The van der Waals surface area contributed by atoms with Crippen LogP contribution in [0.3, 0.4) is 0 Å². The second kappa shape index (κ2) is 4.96. The quantitative estimate of drug-likeness (QED) is 0.829. The highest BCUT2D eigenvalue weighted by Crippen LogP contribution is 2.43. The molecule has 0 aromatic carbocycles. The van der Waals surface area contributed by atoms with Crippen LogP contribution in [0.4, 0.5) is 0 Å². The number of thioether (sulfide) groups is 1. The summed E-state index contributed by atoms with van der Waals surface area (Å²) < 4.78 is 5.94. The molecule has 1 aliphatic carbocycles. The van der Waals surface area contributed by atoms with E-state index in [2.05, 4.69) is 0 Å². The monoisotopic (exact) mass is 244 g/mol. The van der Waals surface area contributed by atoms with E-state index in [0.29, 0.717) is 5.25 Å². The Labute approximate surface area is 101 Å². The predicted molar refractivity (Wildman–Crippen MR) is 64.9 cm³/mol. The van der Waals surface area contributed by atoms with Crippen LogP contribution in [0.2, 0.25) is 0 Å². The number of carboxylic acids is 1. The second-order valence-corrected chi connectivity index (χ2v) is 6.62. The van der Waals surface area contributed by atoms with Gasteiger partial charge in [-0.25, -0.2) is 0 Å². The van der Waals surface area contributed by atoms with E-state index in [1.54, 1.807) is 18.7 Å². The fraction of sp³-hybridized carbons (Fsp3) is 0.917. The van der Waals surface area contributed by atoms with Crippen molar-refractivity contribution in [3.63, 3.8) is 0 Å². The Kier molecular flexibility index (Phi) is 3.80. The maximum atomic E-state index is 10.8. The van der Waals surface area contributed by atoms with Crippen molar-refractivity contribution in [2.24, 2.45) is 0 Å². The Hall–Kier alpha value is -0.220. The first kappa shape index (κ1) is 12.2. The smallest absolute Gasteiger partial charge is 0.316 e. The fourth-order valence-electron chi connectivity index (χ4n) is 2.81. The summed E-state index contributed by atoms with van der Waals surface area (Å²) in [5, 5.41) is 9.10. The van der Waals surface area contributed by atoms with E-state index in [9.17, 15) is 4.79 Å². The first-order valence-electron chi connectivity index (χ1n) is 6.14. The van der Waals surface area contributed by atoms with Gasteiger partial charge in [0.05, 0.1) is 10.9 Å². The first-order valence-corrected chi connectivity index (χ1v) is 7.08. The maximum Gasteiger partial charge on any atom is 0.316 e. The van der Waals surface area contributed by atoms with Crippen LogP contribution in [0.1, 0.15) is 45.4 Å². The molecule has 4 heteroatoms. The molecule has 0 amide bonds. The molecule has 2 fully saturated rings. The molecule has 1 heterocycles. The highest BCUT2D eigenvalue weighted by Gasteiger charge is 2.40. The van der Waals surface area contributed by atoms with Gasteiger partial charge in [0.15, 0.2) is 0 Å². The van der Waals surface area contributed by atoms with E-state index in [0.717, 1.165) is 19.4 Å². The van der Waals surface area contributed by atoms with Gasteiger partial charge in [0.25, 0.3) is 0 Å². The summed E-state index contributed by atoms with van der Waals surface area (Å²) in [6, 6.07) is 0. The van der Waals surface area contributed by atoms with Crippen molar-refractivity contribution in [1.29, 1.82) is 0 Å². The minimum atomic E-state index is -0.697. The molecule has 0 bridgehead atoms. The lowest BCUT2D eigenvalue weighted by molar-refractivity contribution is -0.136. The highest BCUT2D eigenvalue weighted by molar-refractivity contribution is 8.01. The van der Waals surface area contributed by atoms with E-state index >= 15 is 0 Å². The van der Waals surface area contributed by atoms with Gasteiger partial charge >= 0.3 is 5.97 Å². The number of ether oxygens (including phenoxy) is 1. The predicted octanol–water partition coefficient (Wildman–Crippen LogP) is 2.68. The number of rotatable bonds is 3. The lowest BCUT2D eigenvalue weighted by Crippen LogP contribution is -2.39. The van der Waals surface area contributed by atoms with Gasteiger partial charge in [-0.3, -0.25) is 4.79 Å². The Balaban J connectivity index is 1.89. The van der Waals surface area contributed by atoms with Gasteiger partial charge in [-0.15, -0.1) is 11.8 Å². The molecule has 1 aliphatic heterocycles. The number of hydrogen-bond donors (Lipinski definition) is 1. The first-order chi connectivity index (χ1) is 7.61. The van der Waals surface area contributed by atoms with Crippen LogP contribution in [0.15, 0.2) is 0 Å². The molecule has 2 atom stereocenters. The van der Waals surface area contributed by atoms with E-state index in [-0.39, 0.29) is 10.9 Å². The largest absolute Gasteiger partial charge is 0.480 e. The summed E-state index contributed by atoms with van der Waals surface area (Å²) in [7, 11) is 0. The van der Waals surface area contributed by atoms with Crippen LogP contribution in [0.5, 0.6) is 0 Å². The third-order valence-electron chi connectivity index (χ3n) is 3.71. The van der Waals surface area contributed by atoms with E-state index in [1.165, 1.54) is 25.7 Å². The van der Waals surface area contributed by atoms with Crippen LogP contribution in [-0.2, 0) is 9.53 Å². The molecule has 2 unspecified atom stereocenters. The zero-order valence-corrected chi connectivity index (χ0v) is 10.6. The number of carbonyl (C=O) groups is 1. The second-order valence-electron chi connectivity index (χ2n) is 4.97. The van der Waals surface area contributed by atoms with Gasteiger partial charge in [-0.2, -0.15) is 0 Å². The lowest BCUT2D eigenvalue weighted by Gasteiger charge is -2.38. The number of hydrogen-bond acceptors (Lipinski definition) is 3. The van der Waals surface area contributed by atoms with Crippen LogP contribution >= 0.6 is 11.8 Å². The zero-order chi connectivity index (χ0) is 11.6. The van der Waals surface area contributed by atoms with E-state index < -0.39 is 5.97 Å². The van der Waals surface area contributed by atoms with Gasteiger partial charge in [-0.05, 0) is 32.6 Å². The SMILES string of the molecule is CC(SC1CCOC2(CCCC2)C1)C(=O)O. The summed E-state index contributed by atoms with van der Waals surface area (Å²) in [6.45, 7) is 2.59. The Bertz CT molecular complexity index is 261. The molecule has 1 N–H and O–H groups in total. The molecule has 2 aliphatic rings. The Morgan fingerprint density at radius 3 is 2.81 bits per heavy atom. The third kappa shape index (κ3) is 2.72. The molecule has 0 aromatic rings. The molecule has 2 rings (SSSR count). The number of carboxylic acid groups (broad SMARTS) is 1. The van der Waals surface area contributed by atoms with Gasteiger partial charge in [0.1, 0.15) is 0 Å². The minimum absolute atomic E-state index is 0.105. The lowest BCUT2D eigenvalue weighted by atomic mass is 9.92.